The van der Waals surface area contributed by atoms with Gasteiger partial charge in [0.15, 0.2) is 11.5 Å². The molecule has 0 saturated carbocycles. The molecule has 2 nitrogen and oxygen atoms in total. The lowest BCUT2D eigenvalue weighted by Gasteiger charge is -2.13. The molecule has 1 aliphatic rings. The van der Waals surface area contributed by atoms with Crippen LogP contribution in [0.25, 0.3) is 0 Å². The summed E-state index contributed by atoms with van der Waals surface area (Å²) >= 11 is 3.17. The largest absolute Gasteiger partial charge is 0.457 e. The molecular formula is C8H5BrO2. The lowest BCUT2D eigenvalue weighted by atomic mass is 10.3. The summed E-state index contributed by atoms with van der Waals surface area (Å²) in [5.41, 5.74) is 0. The van der Waals surface area contributed by atoms with E-state index in [0.29, 0.717) is 4.67 Å². The fourth-order valence-corrected chi connectivity index (χ4v) is 1.14. The summed E-state index contributed by atoms with van der Waals surface area (Å²) in [5.74, 6) is 1.48. The average Bonchev–Trinajstić information content (AvgIpc) is 2.04. The summed E-state index contributed by atoms with van der Waals surface area (Å²) < 4.78 is 11.1. The third kappa shape index (κ3) is 1.24. The van der Waals surface area contributed by atoms with E-state index in [9.17, 15) is 0 Å². The molecule has 0 aromatic heterocycles. The maximum absolute atomic E-state index is 5.28. The normalized spacial score (nSPS) is 14.1. The summed E-state index contributed by atoms with van der Waals surface area (Å²) in [5, 5.41) is 0. The smallest absolute Gasteiger partial charge is 0.204 e. The van der Waals surface area contributed by atoms with Crippen LogP contribution in [0.1, 0.15) is 0 Å². The van der Waals surface area contributed by atoms with Crippen molar-refractivity contribution in [2.45, 2.75) is 0 Å². The van der Waals surface area contributed by atoms with Gasteiger partial charge in [-0.25, -0.2) is 0 Å². The molecule has 1 aromatic carbocycles. The molecule has 0 aliphatic carbocycles. The standard InChI is InChI=1S/C8H5BrO2/c9-8-5-10-6-3-1-2-4-7(6)11-8/h1-5H. The highest BCUT2D eigenvalue weighted by molar-refractivity contribution is 9.11. The van der Waals surface area contributed by atoms with E-state index < -0.39 is 0 Å². The maximum atomic E-state index is 5.28. The first-order valence-electron chi connectivity index (χ1n) is 3.15. The molecule has 0 atom stereocenters. The number of rotatable bonds is 0. The Balaban J connectivity index is 2.42. The zero-order valence-corrected chi connectivity index (χ0v) is 7.17. The van der Waals surface area contributed by atoms with Crippen molar-refractivity contribution in [1.29, 1.82) is 0 Å². The summed E-state index contributed by atoms with van der Waals surface area (Å²) in [6, 6.07) is 7.50. The van der Waals surface area contributed by atoms with Crippen molar-refractivity contribution < 1.29 is 9.47 Å². The number of hydrogen-bond donors (Lipinski definition) is 0. The average molecular weight is 213 g/mol. The predicted molar refractivity (Wildman–Crippen MR) is 44.7 cm³/mol. The second-order valence-corrected chi connectivity index (χ2v) is 2.87. The number of fused-ring (bicyclic) bond motifs is 1. The van der Waals surface area contributed by atoms with E-state index in [-0.39, 0.29) is 0 Å². The molecule has 0 amide bonds. The molecule has 11 heavy (non-hydrogen) atoms. The van der Waals surface area contributed by atoms with Gasteiger partial charge >= 0.3 is 0 Å². The van der Waals surface area contributed by atoms with E-state index in [4.69, 9.17) is 9.47 Å². The van der Waals surface area contributed by atoms with Crippen LogP contribution >= 0.6 is 15.9 Å². The van der Waals surface area contributed by atoms with Crippen LogP contribution in [0.4, 0.5) is 0 Å². The van der Waals surface area contributed by atoms with E-state index in [1.807, 2.05) is 24.3 Å². The number of hydrogen-bond acceptors (Lipinski definition) is 2. The van der Waals surface area contributed by atoms with Crippen LogP contribution < -0.4 is 9.47 Å². The highest BCUT2D eigenvalue weighted by Crippen LogP contribution is 2.32. The third-order valence-corrected chi connectivity index (χ3v) is 1.68. The molecule has 3 heteroatoms. The second kappa shape index (κ2) is 2.58. The minimum Gasteiger partial charge on any atom is -0.457 e. The lowest BCUT2D eigenvalue weighted by molar-refractivity contribution is 0.354. The topological polar surface area (TPSA) is 18.5 Å². The molecule has 2 rings (SSSR count). The zero-order chi connectivity index (χ0) is 7.68. The number of para-hydroxylation sites is 2. The summed E-state index contributed by atoms with van der Waals surface area (Å²) in [7, 11) is 0. The molecule has 1 heterocycles. The Bertz CT molecular complexity index is 307. The first-order chi connectivity index (χ1) is 5.36. The fourth-order valence-electron chi connectivity index (χ4n) is 0.871. The van der Waals surface area contributed by atoms with Gasteiger partial charge in [0.2, 0.25) is 4.67 Å². The predicted octanol–water partition coefficient (Wildman–Crippen LogP) is 2.65. The minimum absolute atomic E-state index is 0.594. The van der Waals surface area contributed by atoms with E-state index >= 15 is 0 Å². The van der Waals surface area contributed by atoms with Gasteiger partial charge in [-0.2, -0.15) is 0 Å². The van der Waals surface area contributed by atoms with Crippen molar-refractivity contribution in [2.75, 3.05) is 0 Å². The Hall–Kier alpha value is -0.960. The van der Waals surface area contributed by atoms with Crippen LogP contribution in [0.5, 0.6) is 11.5 Å². The van der Waals surface area contributed by atoms with E-state index in [1.165, 1.54) is 6.26 Å². The minimum atomic E-state index is 0.594. The molecule has 0 radical (unpaired) electrons. The molecule has 0 bridgehead atoms. The number of ether oxygens (including phenoxy) is 2. The van der Waals surface area contributed by atoms with Crippen molar-refractivity contribution in [3.63, 3.8) is 0 Å². The van der Waals surface area contributed by atoms with Crippen molar-refractivity contribution in [3.05, 3.63) is 35.2 Å². The van der Waals surface area contributed by atoms with Crippen molar-refractivity contribution >= 4 is 15.9 Å². The molecule has 0 saturated heterocycles. The lowest BCUT2D eigenvalue weighted by Crippen LogP contribution is -1.99. The van der Waals surface area contributed by atoms with Crippen molar-refractivity contribution in [2.24, 2.45) is 0 Å². The van der Waals surface area contributed by atoms with Crippen LogP contribution in [0, 0.1) is 0 Å². The van der Waals surface area contributed by atoms with Crippen LogP contribution in [0.2, 0.25) is 0 Å². The zero-order valence-electron chi connectivity index (χ0n) is 5.58. The monoisotopic (exact) mass is 212 g/mol. The highest BCUT2D eigenvalue weighted by atomic mass is 79.9. The molecule has 0 spiro atoms. The Morgan fingerprint density at radius 3 is 2.64 bits per heavy atom. The molecule has 1 aromatic rings. The Kier molecular flexibility index (Phi) is 1.58. The van der Waals surface area contributed by atoms with E-state index in [0.717, 1.165) is 11.5 Å². The van der Waals surface area contributed by atoms with Gasteiger partial charge in [0.1, 0.15) is 6.26 Å². The van der Waals surface area contributed by atoms with Crippen molar-refractivity contribution in [3.8, 4) is 11.5 Å². The molecule has 0 N–H and O–H groups in total. The Labute approximate surface area is 72.6 Å². The van der Waals surface area contributed by atoms with E-state index in [1.54, 1.807) is 0 Å². The Morgan fingerprint density at radius 1 is 1.09 bits per heavy atom. The maximum Gasteiger partial charge on any atom is 0.204 e. The van der Waals surface area contributed by atoms with Crippen LogP contribution in [0.15, 0.2) is 35.2 Å². The van der Waals surface area contributed by atoms with Crippen LogP contribution in [-0.4, -0.2) is 0 Å². The SMILES string of the molecule is BrC1=COc2ccccc2O1. The fraction of sp³-hybridized carbons (Fsp3) is 0. The van der Waals surface area contributed by atoms with Gasteiger partial charge in [0, 0.05) is 0 Å². The number of benzene rings is 1. The van der Waals surface area contributed by atoms with Gasteiger partial charge < -0.3 is 9.47 Å². The summed E-state index contributed by atoms with van der Waals surface area (Å²) in [6.45, 7) is 0. The molecule has 0 fully saturated rings. The van der Waals surface area contributed by atoms with Gasteiger partial charge in [-0.3, -0.25) is 0 Å². The highest BCUT2D eigenvalue weighted by Gasteiger charge is 2.09. The third-order valence-electron chi connectivity index (χ3n) is 1.34. The first-order valence-corrected chi connectivity index (χ1v) is 3.95. The van der Waals surface area contributed by atoms with Crippen LogP contribution in [-0.2, 0) is 0 Å². The Morgan fingerprint density at radius 2 is 1.82 bits per heavy atom. The number of halogens is 1. The van der Waals surface area contributed by atoms with Gasteiger partial charge in [-0.1, -0.05) is 12.1 Å². The molecule has 56 valence electrons. The summed E-state index contributed by atoms with van der Waals surface area (Å²) in [4.78, 5) is 0. The molecular weight excluding hydrogens is 208 g/mol. The van der Waals surface area contributed by atoms with Gasteiger partial charge in [-0.05, 0) is 28.1 Å². The molecule has 0 unspecified atom stereocenters. The van der Waals surface area contributed by atoms with E-state index in [2.05, 4.69) is 15.9 Å². The van der Waals surface area contributed by atoms with Gasteiger partial charge in [-0.15, -0.1) is 0 Å². The second-order valence-electron chi connectivity index (χ2n) is 2.09. The van der Waals surface area contributed by atoms with Crippen molar-refractivity contribution in [1.82, 2.24) is 0 Å². The van der Waals surface area contributed by atoms with Gasteiger partial charge in [0.25, 0.3) is 0 Å². The van der Waals surface area contributed by atoms with Crippen LogP contribution in [0.3, 0.4) is 0 Å². The summed E-state index contributed by atoms with van der Waals surface area (Å²) in [6.07, 6.45) is 1.52. The van der Waals surface area contributed by atoms with Gasteiger partial charge in [0.05, 0.1) is 0 Å². The molecule has 1 aliphatic heterocycles. The quantitative estimate of drug-likeness (QED) is 0.659. The first kappa shape index (κ1) is 6.73.